The highest BCUT2D eigenvalue weighted by Gasteiger charge is 2.09. The Kier molecular flexibility index (Phi) is 4.95. The maximum absolute atomic E-state index is 12.9. The fourth-order valence-corrected chi connectivity index (χ4v) is 2.38. The van der Waals surface area contributed by atoms with Crippen LogP contribution in [-0.4, -0.2) is 10.9 Å². The number of aromatic nitrogens is 1. The average Bonchev–Trinajstić information content (AvgIpc) is 2.61. The van der Waals surface area contributed by atoms with Crippen LogP contribution in [0.1, 0.15) is 15.9 Å². The Hall–Kier alpha value is -2.92. The van der Waals surface area contributed by atoms with Crippen molar-refractivity contribution in [1.29, 1.82) is 0 Å². The first-order valence-electron chi connectivity index (χ1n) is 7.57. The summed E-state index contributed by atoms with van der Waals surface area (Å²) in [5.41, 5.74) is 2.70. The summed E-state index contributed by atoms with van der Waals surface area (Å²) >= 11 is 5.96. The number of nitrogens with zero attached hydrogens (tertiary/aromatic N) is 1. The number of aryl methyl sites for hydroxylation is 1. The van der Waals surface area contributed by atoms with Crippen LogP contribution in [0.3, 0.4) is 0 Å². The number of nitrogens with one attached hydrogen (secondary N) is 2. The predicted molar refractivity (Wildman–Crippen MR) is 98.1 cm³/mol. The fraction of sp³-hybridized carbons (Fsp3) is 0.0526. The van der Waals surface area contributed by atoms with Crippen LogP contribution in [0.25, 0.3) is 0 Å². The molecule has 2 N–H and O–H groups in total. The molecule has 4 nitrogen and oxygen atoms in total. The van der Waals surface area contributed by atoms with E-state index in [1.54, 1.807) is 36.4 Å². The SMILES string of the molecule is Cc1ccc(Cl)cc1NC(=O)c1ccc(Nc2ccc(F)cc2)nc1. The van der Waals surface area contributed by atoms with Crippen LogP contribution in [0.15, 0.2) is 60.8 Å². The van der Waals surface area contributed by atoms with Gasteiger partial charge in [-0.2, -0.15) is 0 Å². The zero-order valence-corrected chi connectivity index (χ0v) is 14.1. The quantitative estimate of drug-likeness (QED) is 0.678. The van der Waals surface area contributed by atoms with E-state index >= 15 is 0 Å². The summed E-state index contributed by atoms with van der Waals surface area (Å²) in [6.07, 6.45) is 1.47. The summed E-state index contributed by atoms with van der Waals surface area (Å²) in [6, 6.07) is 14.6. The third kappa shape index (κ3) is 4.33. The molecular weight excluding hydrogens is 341 g/mol. The van der Waals surface area contributed by atoms with Crippen molar-refractivity contribution in [3.05, 3.63) is 82.8 Å². The summed E-state index contributed by atoms with van der Waals surface area (Å²) < 4.78 is 12.9. The summed E-state index contributed by atoms with van der Waals surface area (Å²) in [5.74, 6) is -0.0184. The van der Waals surface area contributed by atoms with Crippen molar-refractivity contribution in [3.63, 3.8) is 0 Å². The molecular formula is C19H15ClFN3O. The molecule has 2 aromatic carbocycles. The van der Waals surface area contributed by atoms with E-state index in [2.05, 4.69) is 15.6 Å². The molecule has 126 valence electrons. The molecule has 3 aromatic rings. The number of benzene rings is 2. The minimum absolute atomic E-state index is 0.272. The summed E-state index contributed by atoms with van der Waals surface area (Å²) in [5, 5.41) is 6.41. The van der Waals surface area contributed by atoms with Crippen molar-refractivity contribution in [2.45, 2.75) is 6.92 Å². The molecule has 0 bridgehead atoms. The Morgan fingerprint density at radius 2 is 1.84 bits per heavy atom. The molecule has 1 heterocycles. The van der Waals surface area contributed by atoms with Crippen molar-refractivity contribution < 1.29 is 9.18 Å². The molecule has 0 saturated heterocycles. The van der Waals surface area contributed by atoms with Crippen LogP contribution in [-0.2, 0) is 0 Å². The van der Waals surface area contributed by atoms with Gasteiger partial charge in [-0.1, -0.05) is 17.7 Å². The lowest BCUT2D eigenvalue weighted by atomic mass is 10.2. The summed E-state index contributed by atoms with van der Waals surface area (Å²) in [6.45, 7) is 1.89. The number of pyridine rings is 1. The van der Waals surface area contributed by atoms with Crippen molar-refractivity contribution in [2.24, 2.45) is 0 Å². The Labute approximate surface area is 149 Å². The Balaban J connectivity index is 1.70. The number of halogens is 2. The molecule has 0 saturated carbocycles. The second-order valence-corrected chi connectivity index (χ2v) is 5.91. The van der Waals surface area contributed by atoms with Crippen molar-refractivity contribution in [1.82, 2.24) is 4.98 Å². The first-order chi connectivity index (χ1) is 12.0. The van der Waals surface area contributed by atoms with Crippen LogP contribution >= 0.6 is 11.6 Å². The van der Waals surface area contributed by atoms with Gasteiger partial charge in [0.1, 0.15) is 11.6 Å². The second-order valence-electron chi connectivity index (χ2n) is 5.48. The highest BCUT2D eigenvalue weighted by Crippen LogP contribution is 2.21. The molecule has 3 rings (SSSR count). The van der Waals surface area contributed by atoms with Gasteiger partial charge in [-0.25, -0.2) is 9.37 Å². The number of carbonyl (C=O) groups is 1. The van der Waals surface area contributed by atoms with Gasteiger partial charge in [0.2, 0.25) is 0 Å². The largest absolute Gasteiger partial charge is 0.340 e. The van der Waals surface area contributed by atoms with Gasteiger partial charge in [0.15, 0.2) is 0 Å². The van der Waals surface area contributed by atoms with Gasteiger partial charge in [0.25, 0.3) is 5.91 Å². The van der Waals surface area contributed by atoms with E-state index in [4.69, 9.17) is 11.6 Å². The number of amides is 1. The Morgan fingerprint density at radius 3 is 2.52 bits per heavy atom. The molecule has 0 unspecified atom stereocenters. The molecule has 1 amide bonds. The van der Waals surface area contributed by atoms with Crippen LogP contribution in [0, 0.1) is 12.7 Å². The van der Waals surface area contributed by atoms with Gasteiger partial charge in [-0.05, 0) is 61.0 Å². The lowest BCUT2D eigenvalue weighted by Crippen LogP contribution is -2.13. The van der Waals surface area contributed by atoms with Crippen molar-refractivity contribution >= 4 is 34.7 Å². The topological polar surface area (TPSA) is 54.0 Å². The number of hydrogen-bond acceptors (Lipinski definition) is 3. The average molecular weight is 356 g/mol. The maximum Gasteiger partial charge on any atom is 0.257 e. The summed E-state index contributed by atoms with van der Waals surface area (Å²) in [7, 11) is 0. The first-order valence-corrected chi connectivity index (χ1v) is 7.95. The minimum Gasteiger partial charge on any atom is -0.340 e. The number of anilines is 3. The third-order valence-electron chi connectivity index (χ3n) is 3.59. The summed E-state index contributed by atoms with van der Waals surface area (Å²) in [4.78, 5) is 16.5. The van der Waals surface area contributed by atoms with E-state index in [0.29, 0.717) is 27.8 Å². The van der Waals surface area contributed by atoms with Gasteiger partial charge in [0, 0.05) is 22.6 Å². The highest BCUT2D eigenvalue weighted by molar-refractivity contribution is 6.31. The zero-order valence-electron chi connectivity index (χ0n) is 13.4. The molecule has 0 fully saturated rings. The van der Waals surface area contributed by atoms with Gasteiger partial charge in [-0.3, -0.25) is 4.79 Å². The molecule has 0 aliphatic heterocycles. The van der Waals surface area contributed by atoms with Gasteiger partial charge >= 0.3 is 0 Å². The standard InChI is InChI=1S/C19H15ClFN3O/c1-12-2-4-14(20)10-17(12)24-19(25)13-3-9-18(22-11-13)23-16-7-5-15(21)6-8-16/h2-11H,1H3,(H,22,23)(H,24,25). The van der Waals surface area contributed by atoms with E-state index in [1.165, 1.54) is 18.3 Å². The third-order valence-corrected chi connectivity index (χ3v) is 3.83. The smallest absolute Gasteiger partial charge is 0.257 e. The molecule has 25 heavy (non-hydrogen) atoms. The lowest BCUT2D eigenvalue weighted by Gasteiger charge is -2.10. The van der Waals surface area contributed by atoms with E-state index in [9.17, 15) is 9.18 Å². The number of hydrogen-bond donors (Lipinski definition) is 2. The second kappa shape index (κ2) is 7.32. The molecule has 0 aliphatic rings. The molecule has 0 atom stereocenters. The number of carbonyl (C=O) groups excluding carboxylic acids is 1. The van der Waals surface area contributed by atoms with Gasteiger partial charge in [0.05, 0.1) is 5.56 Å². The van der Waals surface area contributed by atoms with Crippen LogP contribution < -0.4 is 10.6 Å². The Morgan fingerprint density at radius 1 is 1.08 bits per heavy atom. The zero-order chi connectivity index (χ0) is 17.8. The monoisotopic (exact) mass is 355 g/mol. The first kappa shape index (κ1) is 16.9. The Bertz CT molecular complexity index is 896. The van der Waals surface area contributed by atoms with Crippen LogP contribution in [0.2, 0.25) is 5.02 Å². The lowest BCUT2D eigenvalue weighted by molar-refractivity contribution is 0.102. The molecule has 6 heteroatoms. The van der Waals surface area contributed by atoms with Gasteiger partial charge in [-0.15, -0.1) is 0 Å². The molecule has 1 aromatic heterocycles. The number of rotatable bonds is 4. The van der Waals surface area contributed by atoms with Crippen LogP contribution in [0.4, 0.5) is 21.6 Å². The van der Waals surface area contributed by atoms with Gasteiger partial charge < -0.3 is 10.6 Å². The molecule has 0 aliphatic carbocycles. The molecule has 0 radical (unpaired) electrons. The maximum atomic E-state index is 12.9. The highest BCUT2D eigenvalue weighted by atomic mass is 35.5. The normalized spacial score (nSPS) is 10.4. The minimum atomic E-state index is -0.304. The van der Waals surface area contributed by atoms with E-state index in [0.717, 1.165) is 5.56 Å². The van der Waals surface area contributed by atoms with E-state index in [-0.39, 0.29) is 11.7 Å². The predicted octanol–water partition coefficient (Wildman–Crippen LogP) is 5.18. The molecule has 0 spiro atoms. The van der Waals surface area contributed by atoms with E-state index in [1.807, 2.05) is 13.0 Å². The van der Waals surface area contributed by atoms with Crippen LogP contribution in [0.5, 0.6) is 0 Å². The fourth-order valence-electron chi connectivity index (χ4n) is 2.21. The van der Waals surface area contributed by atoms with Crippen molar-refractivity contribution in [3.8, 4) is 0 Å². The van der Waals surface area contributed by atoms with E-state index < -0.39 is 0 Å². The van der Waals surface area contributed by atoms with Crippen molar-refractivity contribution in [2.75, 3.05) is 10.6 Å².